The lowest BCUT2D eigenvalue weighted by atomic mass is 10.0. The number of halogens is 1. The van der Waals surface area contributed by atoms with E-state index in [1.54, 1.807) is 0 Å². The third kappa shape index (κ3) is 3.07. The smallest absolute Gasteiger partial charge is 0.155 e. The van der Waals surface area contributed by atoms with E-state index in [0.717, 1.165) is 5.56 Å². The molecule has 13 heavy (non-hydrogen) atoms. The van der Waals surface area contributed by atoms with Gasteiger partial charge in [-0.25, -0.2) is 0 Å². The van der Waals surface area contributed by atoms with Crippen molar-refractivity contribution in [2.24, 2.45) is 5.73 Å². The van der Waals surface area contributed by atoms with Crippen molar-refractivity contribution in [3.8, 4) is 0 Å². The van der Waals surface area contributed by atoms with Gasteiger partial charge in [0.2, 0.25) is 0 Å². The highest BCUT2D eigenvalue weighted by Gasteiger charge is 2.08. The normalized spacial score (nSPS) is 13.1. The van der Waals surface area contributed by atoms with Gasteiger partial charge < -0.3 is 5.73 Å². The van der Waals surface area contributed by atoms with Crippen LogP contribution in [-0.2, 0) is 4.57 Å². The van der Waals surface area contributed by atoms with Gasteiger partial charge in [-0.05, 0) is 24.2 Å². The number of hydrogen-bond acceptors (Lipinski definition) is 2. The maximum Gasteiger partial charge on any atom is 0.155 e. The first kappa shape index (κ1) is 10.6. The fourth-order valence-electron chi connectivity index (χ4n) is 1.14. The third-order valence-corrected chi connectivity index (χ3v) is 2.76. The van der Waals surface area contributed by atoms with Crippen LogP contribution in [0, 0.1) is 0 Å². The van der Waals surface area contributed by atoms with Crippen molar-refractivity contribution in [1.82, 2.24) is 0 Å². The molecule has 1 aromatic carbocycles. The Morgan fingerprint density at radius 1 is 1.38 bits per heavy atom. The zero-order chi connectivity index (χ0) is 9.68. The van der Waals surface area contributed by atoms with E-state index in [0.29, 0.717) is 17.7 Å². The molecule has 2 N–H and O–H groups in total. The lowest BCUT2D eigenvalue weighted by Gasteiger charge is -2.10. The predicted molar refractivity (Wildman–Crippen MR) is 55.7 cm³/mol. The molecule has 0 saturated carbocycles. The van der Waals surface area contributed by atoms with E-state index in [1.165, 1.54) is 0 Å². The number of rotatable bonds is 4. The van der Waals surface area contributed by atoms with Gasteiger partial charge >= 0.3 is 0 Å². The molecule has 1 rings (SSSR count). The van der Waals surface area contributed by atoms with Crippen molar-refractivity contribution in [3.05, 3.63) is 34.9 Å². The zero-order valence-corrected chi connectivity index (χ0v) is 8.76. The molecule has 0 aliphatic rings. The summed E-state index contributed by atoms with van der Waals surface area (Å²) in [6.07, 6.45) is 0.568. The molecule has 1 unspecified atom stereocenters. The lowest BCUT2D eigenvalue weighted by molar-refractivity contribution is 0.594. The van der Waals surface area contributed by atoms with Crippen LogP contribution < -0.4 is 5.73 Å². The molecule has 0 aliphatic carbocycles. The molecule has 0 aromatic heterocycles. The Balaban J connectivity index is 2.78. The van der Waals surface area contributed by atoms with Gasteiger partial charge in [0.15, 0.2) is 8.46 Å². The number of hydrogen-bond donors (Lipinski definition) is 1. The van der Waals surface area contributed by atoms with Crippen LogP contribution in [0.4, 0.5) is 0 Å². The highest BCUT2D eigenvalue weighted by Crippen LogP contribution is 2.20. The SMILES string of the molecule is NCC(CP=O)c1ccc(Cl)cc1. The van der Waals surface area contributed by atoms with Crippen LogP contribution in [-0.4, -0.2) is 12.7 Å². The molecule has 0 spiro atoms. The first-order chi connectivity index (χ1) is 6.27. The average Bonchev–Trinajstić information content (AvgIpc) is 2.16. The second-order valence-corrected chi connectivity index (χ2v) is 3.86. The topological polar surface area (TPSA) is 43.1 Å². The Hall–Kier alpha value is -0.430. The summed E-state index contributed by atoms with van der Waals surface area (Å²) in [5, 5.41) is 0.708. The van der Waals surface area contributed by atoms with Crippen LogP contribution in [0.1, 0.15) is 11.5 Å². The summed E-state index contributed by atoms with van der Waals surface area (Å²) in [7, 11) is 0.138. The van der Waals surface area contributed by atoms with Crippen molar-refractivity contribution in [1.29, 1.82) is 0 Å². The van der Waals surface area contributed by atoms with Crippen LogP contribution in [0.15, 0.2) is 24.3 Å². The lowest BCUT2D eigenvalue weighted by Crippen LogP contribution is -2.13. The van der Waals surface area contributed by atoms with Crippen LogP contribution >= 0.6 is 20.1 Å². The van der Waals surface area contributed by atoms with Gasteiger partial charge in [-0.15, -0.1) is 0 Å². The second kappa shape index (κ2) is 5.33. The van der Waals surface area contributed by atoms with Crippen molar-refractivity contribution in [2.45, 2.75) is 5.92 Å². The van der Waals surface area contributed by atoms with Crippen LogP contribution in [0.2, 0.25) is 5.02 Å². The standard InChI is InChI=1S/C9H11ClNOP/c10-9-3-1-7(2-4-9)8(5-11)6-13-12/h1-4,8H,5-6,11H2. The quantitative estimate of drug-likeness (QED) is 0.785. The van der Waals surface area contributed by atoms with Crippen molar-refractivity contribution < 1.29 is 4.57 Å². The maximum absolute atomic E-state index is 10.4. The average molecular weight is 216 g/mol. The van der Waals surface area contributed by atoms with Gasteiger partial charge in [0.1, 0.15) is 0 Å². The Morgan fingerprint density at radius 3 is 2.46 bits per heavy atom. The van der Waals surface area contributed by atoms with Gasteiger partial charge in [-0.3, -0.25) is 4.57 Å². The molecule has 0 aliphatic heterocycles. The summed E-state index contributed by atoms with van der Waals surface area (Å²) in [5.41, 5.74) is 6.65. The Labute approximate surface area is 84.3 Å². The van der Waals surface area contributed by atoms with Gasteiger partial charge in [-0.1, -0.05) is 23.7 Å². The van der Waals surface area contributed by atoms with Crippen LogP contribution in [0.3, 0.4) is 0 Å². The van der Waals surface area contributed by atoms with Crippen LogP contribution in [0.25, 0.3) is 0 Å². The number of nitrogens with two attached hydrogens (primary N) is 1. The summed E-state index contributed by atoms with van der Waals surface area (Å²) >= 11 is 5.74. The van der Waals surface area contributed by atoms with E-state index in [4.69, 9.17) is 17.3 Å². The summed E-state index contributed by atoms with van der Waals surface area (Å²) in [5.74, 6) is 0.163. The zero-order valence-electron chi connectivity index (χ0n) is 7.11. The fourth-order valence-corrected chi connectivity index (χ4v) is 1.81. The molecule has 0 amide bonds. The van der Waals surface area contributed by atoms with Gasteiger partial charge in [-0.2, -0.15) is 0 Å². The van der Waals surface area contributed by atoms with Crippen molar-refractivity contribution in [2.75, 3.05) is 12.7 Å². The molecular weight excluding hydrogens is 205 g/mol. The second-order valence-electron chi connectivity index (χ2n) is 2.80. The fraction of sp³-hybridized carbons (Fsp3) is 0.333. The van der Waals surface area contributed by atoms with E-state index < -0.39 is 0 Å². The maximum atomic E-state index is 10.4. The van der Waals surface area contributed by atoms with E-state index in [9.17, 15) is 4.57 Å². The van der Waals surface area contributed by atoms with Gasteiger partial charge in [0, 0.05) is 17.1 Å². The molecule has 0 fully saturated rings. The molecule has 0 heterocycles. The molecule has 0 radical (unpaired) electrons. The molecule has 0 bridgehead atoms. The highest BCUT2D eigenvalue weighted by molar-refractivity contribution is 7.23. The first-order valence-corrected chi connectivity index (χ1v) is 5.40. The Morgan fingerprint density at radius 2 is 2.00 bits per heavy atom. The largest absolute Gasteiger partial charge is 0.330 e. The van der Waals surface area contributed by atoms with Crippen molar-refractivity contribution in [3.63, 3.8) is 0 Å². The summed E-state index contributed by atoms with van der Waals surface area (Å²) < 4.78 is 10.4. The minimum Gasteiger partial charge on any atom is -0.330 e. The minimum absolute atomic E-state index is 0.138. The highest BCUT2D eigenvalue weighted by atomic mass is 35.5. The van der Waals surface area contributed by atoms with Crippen molar-refractivity contribution >= 4 is 20.1 Å². The Kier molecular flexibility index (Phi) is 4.37. The van der Waals surface area contributed by atoms with E-state index in [1.807, 2.05) is 24.3 Å². The summed E-state index contributed by atoms with van der Waals surface area (Å²) in [6.45, 7) is 0.511. The molecule has 70 valence electrons. The summed E-state index contributed by atoms with van der Waals surface area (Å²) in [4.78, 5) is 0. The third-order valence-electron chi connectivity index (χ3n) is 1.92. The van der Waals surface area contributed by atoms with E-state index in [2.05, 4.69) is 0 Å². The monoisotopic (exact) mass is 215 g/mol. The van der Waals surface area contributed by atoms with Gasteiger partial charge in [0.25, 0.3) is 0 Å². The minimum atomic E-state index is 0.138. The number of benzene rings is 1. The van der Waals surface area contributed by atoms with Crippen LogP contribution in [0.5, 0.6) is 0 Å². The molecule has 1 aromatic rings. The first-order valence-electron chi connectivity index (χ1n) is 4.02. The molecule has 4 heteroatoms. The molecular formula is C9H11ClNOP. The van der Waals surface area contributed by atoms with E-state index in [-0.39, 0.29) is 14.4 Å². The van der Waals surface area contributed by atoms with E-state index >= 15 is 0 Å². The molecule has 2 nitrogen and oxygen atoms in total. The van der Waals surface area contributed by atoms with Gasteiger partial charge in [0.05, 0.1) is 0 Å². The predicted octanol–water partition coefficient (Wildman–Crippen LogP) is 2.67. The molecule has 0 saturated heterocycles. The molecule has 1 atom stereocenters. The Bertz CT molecular complexity index is 275. The summed E-state index contributed by atoms with van der Waals surface area (Å²) in [6, 6.07) is 7.48.